The summed E-state index contributed by atoms with van der Waals surface area (Å²) < 4.78 is 32.0. The van der Waals surface area contributed by atoms with Crippen LogP contribution in [0.25, 0.3) is 0 Å². The summed E-state index contributed by atoms with van der Waals surface area (Å²) in [4.78, 5) is 24.1. The average Bonchev–Trinajstić information content (AvgIpc) is 2.36. The molecule has 1 aromatic carbocycles. The fourth-order valence-electron chi connectivity index (χ4n) is 1.60. The molecule has 1 amide bonds. The Labute approximate surface area is 123 Å². The highest BCUT2D eigenvalue weighted by molar-refractivity contribution is 9.10. The molecule has 0 saturated heterocycles. The number of carbonyl (C=O) groups excluding carboxylic acids is 2. The Kier molecular flexibility index (Phi) is 6.06. The van der Waals surface area contributed by atoms with E-state index >= 15 is 0 Å². The van der Waals surface area contributed by atoms with E-state index in [0.29, 0.717) is 6.42 Å². The lowest BCUT2D eigenvalue weighted by molar-refractivity contribution is -0.140. The zero-order valence-electron chi connectivity index (χ0n) is 11.1. The zero-order chi connectivity index (χ0) is 15.3. The van der Waals surface area contributed by atoms with Crippen molar-refractivity contribution in [3.63, 3.8) is 0 Å². The minimum Gasteiger partial charge on any atom is -0.469 e. The third-order valence-corrected chi connectivity index (χ3v) is 3.13. The summed E-state index contributed by atoms with van der Waals surface area (Å²) in [6.45, 7) is 0.197. The Morgan fingerprint density at radius 2 is 1.85 bits per heavy atom. The van der Waals surface area contributed by atoms with Crippen molar-refractivity contribution in [1.29, 1.82) is 0 Å². The summed E-state index contributed by atoms with van der Waals surface area (Å²) in [6, 6.07) is 2.05. The van der Waals surface area contributed by atoms with Gasteiger partial charge in [-0.05, 0) is 18.6 Å². The Morgan fingerprint density at radius 3 is 2.35 bits per heavy atom. The first-order valence-corrected chi connectivity index (χ1v) is 6.63. The van der Waals surface area contributed by atoms with Crippen molar-refractivity contribution in [1.82, 2.24) is 4.90 Å². The molecule has 0 heterocycles. The van der Waals surface area contributed by atoms with Gasteiger partial charge in [-0.2, -0.15) is 0 Å². The highest BCUT2D eigenvalue weighted by Crippen LogP contribution is 2.20. The molecule has 1 aromatic rings. The van der Waals surface area contributed by atoms with Crippen LogP contribution in [0.5, 0.6) is 0 Å². The molecule has 0 aliphatic heterocycles. The minimum absolute atomic E-state index is 0.138. The predicted octanol–water partition coefficient (Wildman–Crippen LogP) is 2.75. The van der Waals surface area contributed by atoms with Crippen LogP contribution in [0.1, 0.15) is 23.2 Å². The molecule has 110 valence electrons. The van der Waals surface area contributed by atoms with Crippen LogP contribution in [0.15, 0.2) is 16.6 Å². The van der Waals surface area contributed by atoms with Crippen LogP contribution in [0.3, 0.4) is 0 Å². The van der Waals surface area contributed by atoms with Gasteiger partial charge in [0.25, 0.3) is 5.91 Å². The minimum atomic E-state index is -0.929. The maximum absolute atomic E-state index is 13.6. The second kappa shape index (κ2) is 7.33. The van der Waals surface area contributed by atoms with Gasteiger partial charge in [0.05, 0.1) is 7.11 Å². The van der Waals surface area contributed by atoms with Gasteiger partial charge in [0.2, 0.25) is 0 Å². The number of rotatable bonds is 5. The molecule has 0 atom stereocenters. The topological polar surface area (TPSA) is 46.6 Å². The summed E-state index contributed by atoms with van der Waals surface area (Å²) in [5.74, 6) is -3.02. The fraction of sp³-hybridized carbons (Fsp3) is 0.385. The maximum Gasteiger partial charge on any atom is 0.305 e. The lowest BCUT2D eigenvalue weighted by atomic mass is 10.1. The normalized spacial score (nSPS) is 10.2. The van der Waals surface area contributed by atoms with Gasteiger partial charge in [0, 0.05) is 24.5 Å². The standard InChI is InChI=1S/C13H14BrF2NO3/c1-17(5-3-4-11(18)20-2)13(19)12-9(15)6-8(14)7-10(12)16/h6-7H,3-5H2,1-2H3. The van der Waals surface area contributed by atoms with Crippen molar-refractivity contribution < 1.29 is 23.1 Å². The number of nitrogens with zero attached hydrogens (tertiary/aromatic N) is 1. The first kappa shape index (κ1) is 16.6. The number of amides is 1. The Hall–Kier alpha value is -1.50. The lowest BCUT2D eigenvalue weighted by Crippen LogP contribution is -2.29. The van der Waals surface area contributed by atoms with Gasteiger partial charge in [-0.3, -0.25) is 9.59 Å². The van der Waals surface area contributed by atoms with Gasteiger partial charge in [-0.25, -0.2) is 8.78 Å². The van der Waals surface area contributed by atoms with Crippen LogP contribution in [-0.2, 0) is 9.53 Å². The molecule has 0 fully saturated rings. The van der Waals surface area contributed by atoms with Crippen LogP contribution in [-0.4, -0.2) is 37.5 Å². The van der Waals surface area contributed by atoms with Crippen LogP contribution >= 0.6 is 15.9 Å². The molecule has 0 unspecified atom stereocenters. The Balaban J connectivity index is 2.72. The third kappa shape index (κ3) is 4.26. The first-order valence-electron chi connectivity index (χ1n) is 5.83. The van der Waals surface area contributed by atoms with Crippen LogP contribution < -0.4 is 0 Å². The van der Waals surface area contributed by atoms with E-state index in [0.717, 1.165) is 12.1 Å². The van der Waals surface area contributed by atoms with E-state index < -0.39 is 29.1 Å². The number of esters is 1. The third-order valence-electron chi connectivity index (χ3n) is 2.67. The number of carbonyl (C=O) groups is 2. The largest absolute Gasteiger partial charge is 0.469 e. The summed E-state index contributed by atoms with van der Waals surface area (Å²) >= 11 is 2.94. The molecule has 7 heteroatoms. The molecular formula is C13H14BrF2NO3. The molecule has 0 radical (unpaired) electrons. The van der Waals surface area contributed by atoms with Crippen molar-refractivity contribution in [3.05, 3.63) is 33.8 Å². The molecule has 4 nitrogen and oxygen atoms in total. The molecule has 0 aromatic heterocycles. The SMILES string of the molecule is COC(=O)CCCN(C)C(=O)c1c(F)cc(Br)cc1F. The van der Waals surface area contributed by atoms with Gasteiger partial charge < -0.3 is 9.64 Å². The van der Waals surface area contributed by atoms with E-state index in [1.807, 2.05) is 0 Å². The molecule has 0 aliphatic rings. The van der Waals surface area contributed by atoms with Crippen molar-refractivity contribution in [3.8, 4) is 0 Å². The maximum atomic E-state index is 13.6. The van der Waals surface area contributed by atoms with Gasteiger partial charge in [0.15, 0.2) is 0 Å². The second-order valence-electron chi connectivity index (χ2n) is 4.15. The smallest absolute Gasteiger partial charge is 0.305 e. The zero-order valence-corrected chi connectivity index (χ0v) is 12.7. The first-order chi connectivity index (χ1) is 9.36. The highest BCUT2D eigenvalue weighted by atomic mass is 79.9. The molecule has 20 heavy (non-hydrogen) atoms. The number of halogens is 3. The van der Waals surface area contributed by atoms with E-state index in [-0.39, 0.29) is 17.4 Å². The van der Waals surface area contributed by atoms with Crippen LogP contribution in [0, 0.1) is 11.6 Å². The predicted molar refractivity (Wildman–Crippen MR) is 72.3 cm³/mol. The summed E-state index contributed by atoms with van der Waals surface area (Å²) in [5.41, 5.74) is -0.603. The molecule has 1 rings (SSSR count). The highest BCUT2D eigenvalue weighted by Gasteiger charge is 2.21. The molecule has 0 spiro atoms. The number of benzene rings is 1. The van der Waals surface area contributed by atoms with Crippen molar-refractivity contribution >= 4 is 27.8 Å². The summed E-state index contributed by atoms with van der Waals surface area (Å²) in [5, 5.41) is 0. The van der Waals surface area contributed by atoms with E-state index in [9.17, 15) is 18.4 Å². The van der Waals surface area contributed by atoms with E-state index in [4.69, 9.17) is 0 Å². The van der Waals surface area contributed by atoms with Crippen molar-refractivity contribution in [2.45, 2.75) is 12.8 Å². The molecule has 0 bridgehead atoms. The van der Waals surface area contributed by atoms with E-state index in [2.05, 4.69) is 20.7 Å². The van der Waals surface area contributed by atoms with Gasteiger partial charge in [0.1, 0.15) is 17.2 Å². The van der Waals surface area contributed by atoms with Crippen molar-refractivity contribution in [2.75, 3.05) is 20.7 Å². The van der Waals surface area contributed by atoms with Crippen LogP contribution in [0.4, 0.5) is 8.78 Å². The second-order valence-corrected chi connectivity index (χ2v) is 5.07. The Bertz CT molecular complexity index is 499. The number of hydrogen-bond donors (Lipinski definition) is 0. The lowest BCUT2D eigenvalue weighted by Gasteiger charge is -2.17. The van der Waals surface area contributed by atoms with Gasteiger partial charge >= 0.3 is 5.97 Å². The number of methoxy groups -OCH3 is 1. The molecule has 0 saturated carbocycles. The van der Waals surface area contributed by atoms with E-state index in [1.165, 1.54) is 19.1 Å². The molecular weight excluding hydrogens is 336 g/mol. The van der Waals surface area contributed by atoms with Crippen molar-refractivity contribution in [2.24, 2.45) is 0 Å². The fourth-order valence-corrected chi connectivity index (χ4v) is 2.00. The van der Waals surface area contributed by atoms with Gasteiger partial charge in [-0.1, -0.05) is 15.9 Å². The molecule has 0 N–H and O–H groups in total. The van der Waals surface area contributed by atoms with E-state index in [1.54, 1.807) is 0 Å². The quantitative estimate of drug-likeness (QED) is 0.768. The summed E-state index contributed by atoms with van der Waals surface area (Å²) in [7, 11) is 2.68. The Morgan fingerprint density at radius 1 is 1.30 bits per heavy atom. The monoisotopic (exact) mass is 349 g/mol. The van der Waals surface area contributed by atoms with Gasteiger partial charge in [-0.15, -0.1) is 0 Å². The van der Waals surface area contributed by atoms with Crippen LogP contribution in [0.2, 0.25) is 0 Å². The number of ether oxygens (including phenoxy) is 1. The summed E-state index contributed by atoms with van der Waals surface area (Å²) in [6.07, 6.45) is 0.494. The average molecular weight is 350 g/mol. The number of hydrogen-bond acceptors (Lipinski definition) is 3. The molecule has 0 aliphatic carbocycles.